The van der Waals surface area contributed by atoms with E-state index in [1.54, 1.807) is 0 Å². The molecule has 0 spiro atoms. The molecule has 1 heteroatoms. The molecule has 0 bridgehead atoms. The SMILES string of the molecule is CCCCc1cccc(Br)c1. The predicted octanol–water partition coefficient (Wildman–Crippen LogP) is 3.79. The summed E-state index contributed by atoms with van der Waals surface area (Å²) in [6.07, 6.45) is 3.76. The van der Waals surface area contributed by atoms with Crippen molar-refractivity contribution in [3.8, 4) is 0 Å². The average molecular weight is 213 g/mol. The quantitative estimate of drug-likeness (QED) is 0.716. The van der Waals surface area contributed by atoms with Crippen LogP contribution in [0.25, 0.3) is 0 Å². The standard InChI is InChI=1S/C10H13Br/c1-2-3-5-9-6-4-7-10(11)8-9/h4,6-8H,2-3,5H2,1H3. The van der Waals surface area contributed by atoms with Crippen LogP contribution in [0.15, 0.2) is 28.7 Å². The van der Waals surface area contributed by atoms with Crippen LogP contribution in [0.2, 0.25) is 0 Å². The fourth-order valence-electron chi connectivity index (χ4n) is 1.07. The van der Waals surface area contributed by atoms with Gasteiger partial charge in [0.25, 0.3) is 0 Å². The number of hydrogen-bond donors (Lipinski definition) is 0. The summed E-state index contributed by atoms with van der Waals surface area (Å²) in [4.78, 5) is 0. The summed E-state index contributed by atoms with van der Waals surface area (Å²) in [5.41, 5.74) is 1.43. The van der Waals surface area contributed by atoms with Crippen LogP contribution in [-0.2, 0) is 6.42 Å². The Kier molecular flexibility index (Phi) is 3.64. The topological polar surface area (TPSA) is 0 Å². The Morgan fingerprint density at radius 2 is 2.18 bits per heavy atom. The molecule has 1 aromatic rings. The number of aryl methyl sites for hydroxylation is 1. The van der Waals surface area contributed by atoms with E-state index in [0.29, 0.717) is 0 Å². The fraction of sp³-hybridized carbons (Fsp3) is 0.400. The molecule has 0 amide bonds. The fourth-order valence-corrected chi connectivity index (χ4v) is 1.52. The molecule has 0 aliphatic carbocycles. The van der Waals surface area contributed by atoms with E-state index in [9.17, 15) is 0 Å². The third-order valence-electron chi connectivity index (χ3n) is 1.71. The van der Waals surface area contributed by atoms with Crippen LogP contribution in [0, 0.1) is 0 Å². The van der Waals surface area contributed by atoms with Crippen molar-refractivity contribution in [1.82, 2.24) is 0 Å². The highest BCUT2D eigenvalue weighted by Gasteiger charge is 1.91. The zero-order chi connectivity index (χ0) is 8.10. The third-order valence-corrected chi connectivity index (χ3v) is 2.20. The van der Waals surface area contributed by atoms with Crippen LogP contribution in [0.1, 0.15) is 25.3 Å². The lowest BCUT2D eigenvalue weighted by atomic mass is 10.1. The first-order valence-corrected chi connectivity index (χ1v) is 4.86. The van der Waals surface area contributed by atoms with Crippen molar-refractivity contribution in [2.24, 2.45) is 0 Å². The molecule has 0 fully saturated rings. The van der Waals surface area contributed by atoms with Gasteiger partial charge in [0.1, 0.15) is 0 Å². The second kappa shape index (κ2) is 4.55. The molecule has 0 saturated heterocycles. The normalized spacial score (nSPS) is 10.0. The molecule has 11 heavy (non-hydrogen) atoms. The molecule has 1 rings (SSSR count). The summed E-state index contributed by atoms with van der Waals surface area (Å²) < 4.78 is 1.19. The van der Waals surface area contributed by atoms with E-state index >= 15 is 0 Å². The number of benzene rings is 1. The summed E-state index contributed by atoms with van der Waals surface area (Å²) in [5.74, 6) is 0. The van der Waals surface area contributed by atoms with Crippen molar-refractivity contribution in [2.45, 2.75) is 26.2 Å². The molecule has 0 aliphatic rings. The molecule has 0 radical (unpaired) electrons. The van der Waals surface area contributed by atoms with Crippen LogP contribution in [0.3, 0.4) is 0 Å². The molecule has 0 unspecified atom stereocenters. The molecule has 0 aliphatic heterocycles. The molecular weight excluding hydrogens is 200 g/mol. The van der Waals surface area contributed by atoms with Gasteiger partial charge in [0.2, 0.25) is 0 Å². The second-order valence-electron chi connectivity index (χ2n) is 2.73. The van der Waals surface area contributed by atoms with Gasteiger partial charge >= 0.3 is 0 Å². The molecule has 0 saturated carbocycles. The molecule has 0 aromatic heterocycles. The first-order valence-electron chi connectivity index (χ1n) is 4.07. The minimum Gasteiger partial charge on any atom is -0.0654 e. The van der Waals surface area contributed by atoms with Gasteiger partial charge < -0.3 is 0 Å². The largest absolute Gasteiger partial charge is 0.0654 e. The van der Waals surface area contributed by atoms with Gasteiger partial charge in [0.05, 0.1) is 0 Å². The lowest BCUT2D eigenvalue weighted by molar-refractivity contribution is 0.795. The minimum atomic E-state index is 1.19. The maximum atomic E-state index is 3.45. The lowest BCUT2D eigenvalue weighted by Crippen LogP contribution is -1.82. The van der Waals surface area contributed by atoms with E-state index in [2.05, 4.69) is 47.1 Å². The number of hydrogen-bond acceptors (Lipinski definition) is 0. The van der Waals surface area contributed by atoms with E-state index in [0.717, 1.165) is 0 Å². The Hall–Kier alpha value is -0.300. The highest BCUT2D eigenvalue weighted by molar-refractivity contribution is 9.10. The highest BCUT2D eigenvalue weighted by atomic mass is 79.9. The Bertz CT molecular complexity index is 218. The predicted molar refractivity (Wildman–Crippen MR) is 52.8 cm³/mol. The van der Waals surface area contributed by atoms with Gasteiger partial charge in [-0.1, -0.05) is 41.4 Å². The first-order chi connectivity index (χ1) is 5.33. The Morgan fingerprint density at radius 3 is 2.82 bits per heavy atom. The van der Waals surface area contributed by atoms with Crippen molar-refractivity contribution in [2.75, 3.05) is 0 Å². The summed E-state index contributed by atoms with van der Waals surface area (Å²) in [6.45, 7) is 2.22. The van der Waals surface area contributed by atoms with Crippen molar-refractivity contribution >= 4 is 15.9 Å². The average Bonchev–Trinajstić information content (AvgIpc) is 2.01. The Balaban J connectivity index is 2.56. The van der Waals surface area contributed by atoms with E-state index in [4.69, 9.17) is 0 Å². The maximum absolute atomic E-state index is 3.45. The summed E-state index contributed by atoms with van der Waals surface area (Å²) >= 11 is 3.45. The number of rotatable bonds is 3. The second-order valence-corrected chi connectivity index (χ2v) is 3.65. The van der Waals surface area contributed by atoms with Gasteiger partial charge in [-0.3, -0.25) is 0 Å². The van der Waals surface area contributed by atoms with E-state index in [1.807, 2.05) is 0 Å². The Labute approximate surface area is 76.8 Å². The molecule has 0 nitrogen and oxygen atoms in total. The van der Waals surface area contributed by atoms with E-state index in [-0.39, 0.29) is 0 Å². The summed E-state index contributed by atoms with van der Waals surface area (Å²) in [5, 5.41) is 0. The van der Waals surface area contributed by atoms with Gasteiger partial charge in [-0.15, -0.1) is 0 Å². The molecule has 1 aromatic carbocycles. The molecule has 0 atom stereocenters. The van der Waals surface area contributed by atoms with Crippen molar-refractivity contribution in [3.63, 3.8) is 0 Å². The molecule has 60 valence electrons. The highest BCUT2D eigenvalue weighted by Crippen LogP contribution is 2.13. The zero-order valence-corrected chi connectivity index (χ0v) is 8.39. The van der Waals surface area contributed by atoms with Gasteiger partial charge in [-0.2, -0.15) is 0 Å². The smallest absolute Gasteiger partial charge is 0.0177 e. The molecule has 0 N–H and O–H groups in total. The molecule has 0 heterocycles. The number of halogens is 1. The first kappa shape index (κ1) is 8.79. The van der Waals surface area contributed by atoms with Crippen LogP contribution in [0.4, 0.5) is 0 Å². The summed E-state index contributed by atoms with van der Waals surface area (Å²) in [7, 11) is 0. The van der Waals surface area contributed by atoms with Crippen molar-refractivity contribution < 1.29 is 0 Å². The number of unbranched alkanes of at least 4 members (excludes halogenated alkanes) is 1. The van der Waals surface area contributed by atoms with Gasteiger partial charge in [-0.05, 0) is 30.5 Å². The van der Waals surface area contributed by atoms with E-state index in [1.165, 1.54) is 29.3 Å². The van der Waals surface area contributed by atoms with Gasteiger partial charge in [0.15, 0.2) is 0 Å². The van der Waals surface area contributed by atoms with Crippen LogP contribution in [0.5, 0.6) is 0 Å². The van der Waals surface area contributed by atoms with Crippen LogP contribution in [-0.4, -0.2) is 0 Å². The van der Waals surface area contributed by atoms with Crippen molar-refractivity contribution in [1.29, 1.82) is 0 Å². The molecular formula is C10H13Br. The van der Waals surface area contributed by atoms with Gasteiger partial charge in [-0.25, -0.2) is 0 Å². The summed E-state index contributed by atoms with van der Waals surface area (Å²) in [6, 6.07) is 8.53. The third kappa shape index (κ3) is 3.06. The zero-order valence-electron chi connectivity index (χ0n) is 6.81. The van der Waals surface area contributed by atoms with Crippen molar-refractivity contribution in [3.05, 3.63) is 34.3 Å². The maximum Gasteiger partial charge on any atom is 0.0177 e. The Morgan fingerprint density at radius 1 is 1.36 bits per heavy atom. The lowest BCUT2D eigenvalue weighted by Gasteiger charge is -1.98. The monoisotopic (exact) mass is 212 g/mol. The van der Waals surface area contributed by atoms with E-state index < -0.39 is 0 Å². The van der Waals surface area contributed by atoms with Crippen LogP contribution < -0.4 is 0 Å². The van der Waals surface area contributed by atoms with Crippen LogP contribution >= 0.6 is 15.9 Å². The minimum absolute atomic E-state index is 1.19. The van der Waals surface area contributed by atoms with Gasteiger partial charge in [0, 0.05) is 4.47 Å².